The molecule has 0 radical (unpaired) electrons. The van der Waals surface area contributed by atoms with Gasteiger partial charge in [0.1, 0.15) is 24.4 Å². The number of methoxy groups -OCH3 is 2. The van der Waals surface area contributed by atoms with E-state index in [1.165, 1.54) is 14.2 Å². The van der Waals surface area contributed by atoms with Crippen LogP contribution in [0.1, 0.15) is 0 Å². The van der Waals surface area contributed by atoms with E-state index in [1.807, 2.05) is 0 Å². The molecule has 5 atom stereocenters. The molecular formula is C10H20O7. The van der Waals surface area contributed by atoms with Crippen LogP contribution in [0.3, 0.4) is 0 Å². The molecule has 1 fully saturated rings. The van der Waals surface area contributed by atoms with E-state index in [9.17, 15) is 5.11 Å². The van der Waals surface area contributed by atoms with Crippen molar-refractivity contribution in [3.05, 3.63) is 0 Å². The summed E-state index contributed by atoms with van der Waals surface area (Å²) in [5, 5.41) is 27.9. The lowest BCUT2D eigenvalue weighted by Gasteiger charge is -2.42. The molecule has 0 spiro atoms. The van der Waals surface area contributed by atoms with Crippen molar-refractivity contribution >= 4 is 0 Å². The summed E-state index contributed by atoms with van der Waals surface area (Å²) in [6, 6.07) is 0. The Bertz CT molecular complexity index is 213. The highest BCUT2D eigenvalue weighted by Gasteiger charge is 2.46. The molecule has 0 saturated carbocycles. The average molecular weight is 252 g/mol. The molecule has 5 unspecified atom stereocenters. The molecule has 1 saturated heterocycles. The molecule has 0 aliphatic carbocycles. The highest BCUT2D eigenvalue weighted by molar-refractivity contribution is 4.90. The van der Waals surface area contributed by atoms with Gasteiger partial charge >= 0.3 is 0 Å². The zero-order chi connectivity index (χ0) is 12.8. The van der Waals surface area contributed by atoms with Crippen molar-refractivity contribution in [1.82, 2.24) is 0 Å². The third-order valence-corrected chi connectivity index (χ3v) is 2.70. The summed E-state index contributed by atoms with van der Waals surface area (Å²) in [4.78, 5) is 0. The van der Waals surface area contributed by atoms with Crippen molar-refractivity contribution in [3.63, 3.8) is 0 Å². The molecule has 1 heterocycles. The Morgan fingerprint density at radius 2 is 1.82 bits per heavy atom. The summed E-state index contributed by atoms with van der Waals surface area (Å²) in [5.74, 6) is 0. The number of hydrogen-bond acceptors (Lipinski definition) is 7. The van der Waals surface area contributed by atoms with Crippen LogP contribution in [0, 0.1) is 0 Å². The molecule has 7 nitrogen and oxygen atoms in total. The van der Waals surface area contributed by atoms with Gasteiger partial charge in [-0.05, 0) is 0 Å². The molecule has 17 heavy (non-hydrogen) atoms. The molecule has 102 valence electrons. The van der Waals surface area contributed by atoms with Gasteiger partial charge in [-0.1, -0.05) is 0 Å². The smallest absolute Gasteiger partial charge is 0.186 e. The monoisotopic (exact) mass is 252 g/mol. The zero-order valence-electron chi connectivity index (χ0n) is 9.98. The predicted octanol–water partition coefficient (Wildman–Crippen LogP) is -1.90. The normalized spacial score (nSPS) is 38.3. The fourth-order valence-electron chi connectivity index (χ4n) is 1.89. The molecule has 1 aliphatic rings. The lowest BCUT2D eigenvalue weighted by molar-refractivity contribution is -0.307. The van der Waals surface area contributed by atoms with Gasteiger partial charge in [-0.2, -0.15) is 0 Å². The highest BCUT2D eigenvalue weighted by Crippen LogP contribution is 2.25. The Hall–Kier alpha value is -0.280. The van der Waals surface area contributed by atoms with Crippen LogP contribution in [0.2, 0.25) is 0 Å². The van der Waals surface area contributed by atoms with Crippen LogP contribution in [-0.4, -0.2) is 80.1 Å². The highest BCUT2D eigenvalue weighted by atomic mass is 16.7. The van der Waals surface area contributed by atoms with E-state index in [-0.39, 0.29) is 19.8 Å². The lowest BCUT2D eigenvalue weighted by atomic mass is 9.99. The second-order valence-electron chi connectivity index (χ2n) is 3.71. The first kappa shape index (κ1) is 14.8. The Labute approximate surface area is 99.9 Å². The Kier molecular flexibility index (Phi) is 6.28. The molecule has 0 aromatic rings. The molecule has 0 aromatic carbocycles. The van der Waals surface area contributed by atoms with Gasteiger partial charge in [0.15, 0.2) is 6.29 Å². The summed E-state index contributed by atoms with van der Waals surface area (Å²) >= 11 is 0. The van der Waals surface area contributed by atoms with E-state index in [2.05, 4.69) is 0 Å². The van der Waals surface area contributed by atoms with Gasteiger partial charge in [0.2, 0.25) is 0 Å². The molecule has 0 aromatic heterocycles. The quantitative estimate of drug-likeness (QED) is 0.508. The first-order valence-corrected chi connectivity index (χ1v) is 5.42. The van der Waals surface area contributed by atoms with Crippen molar-refractivity contribution in [2.45, 2.75) is 30.7 Å². The van der Waals surface area contributed by atoms with Crippen LogP contribution in [0.4, 0.5) is 0 Å². The lowest BCUT2D eigenvalue weighted by Crippen LogP contribution is -2.60. The van der Waals surface area contributed by atoms with E-state index in [0.29, 0.717) is 0 Å². The van der Waals surface area contributed by atoms with Gasteiger partial charge in [0, 0.05) is 14.2 Å². The number of aliphatic hydroxyl groups excluding tert-OH is 3. The summed E-state index contributed by atoms with van der Waals surface area (Å²) in [5.41, 5.74) is 0. The van der Waals surface area contributed by atoms with E-state index < -0.39 is 30.7 Å². The Morgan fingerprint density at radius 1 is 1.12 bits per heavy atom. The minimum atomic E-state index is -0.998. The van der Waals surface area contributed by atoms with E-state index in [0.717, 1.165) is 0 Å². The largest absolute Gasteiger partial charge is 0.394 e. The van der Waals surface area contributed by atoms with Gasteiger partial charge in [0.25, 0.3) is 0 Å². The maximum absolute atomic E-state index is 10.1. The molecule has 0 bridgehead atoms. The van der Waals surface area contributed by atoms with Crippen LogP contribution in [0.25, 0.3) is 0 Å². The Morgan fingerprint density at radius 3 is 2.29 bits per heavy atom. The van der Waals surface area contributed by atoms with Crippen LogP contribution in [0.15, 0.2) is 0 Å². The van der Waals surface area contributed by atoms with E-state index >= 15 is 0 Å². The SMILES string of the molecule is COC1OC(CO)C(OC)C(O)C1OCCO. The number of rotatable bonds is 6. The van der Waals surface area contributed by atoms with Crippen LogP contribution >= 0.6 is 0 Å². The summed E-state index contributed by atoms with van der Waals surface area (Å²) in [6.45, 7) is -0.395. The second-order valence-corrected chi connectivity index (χ2v) is 3.71. The standard InChI is InChI=1S/C10H20O7/c1-14-8-6(5-12)17-10(15-2)9(7(8)13)16-4-3-11/h6-13H,3-5H2,1-2H3. The Balaban J connectivity index is 2.72. The first-order valence-electron chi connectivity index (χ1n) is 5.42. The number of ether oxygens (including phenoxy) is 4. The first-order chi connectivity index (χ1) is 8.19. The number of hydrogen-bond donors (Lipinski definition) is 3. The maximum atomic E-state index is 10.1. The van der Waals surface area contributed by atoms with Gasteiger partial charge < -0.3 is 34.3 Å². The zero-order valence-corrected chi connectivity index (χ0v) is 9.98. The van der Waals surface area contributed by atoms with Crippen molar-refractivity contribution in [2.75, 3.05) is 34.0 Å². The fraction of sp³-hybridized carbons (Fsp3) is 1.00. The summed E-state index contributed by atoms with van der Waals surface area (Å²) in [6.07, 6.45) is -3.94. The fourth-order valence-corrected chi connectivity index (χ4v) is 1.89. The van der Waals surface area contributed by atoms with E-state index in [1.54, 1.807) is 0 Å². The van der Waals surface area contributed by atoms with Crippen LogP contribution in [0.5, 0.6) is 0 Å². The van der Waals surface area contributed by atoms with Crippen molar-refractivity contribution in [3.8, 4) is 0 Å². The predicted molar refractivity (Wildman–Crippen MR) is 56.4 cm³/mol. The van der Waals surface area contributed by atoms with Crippen molar-refractivity contribution in [2.24, 2.45) is 0 Å². The molecule has 0 amide bonds. The maximum Gasteiger partial charge on any atom is 0.186 e. The number of aliphatic hydroxyl groups is 3. The van der Waals surface area contributed by atoms with E-state index in [4.69, 9.17) is 29.2 Å². The van der Waals surface area contributed by atoms with Gasteiger partial charge in [-0.25, -0.2) is 0 Å². The molecule has 3 N–H and O–H groups in total. The van der Waals surface area contributed by atoms with Crippen molar-refractivity contribution < 1.29 is 34.3 Å². The third kappa shape index (κ3) is 3.35. The average Bonchev–Trinajstić information content (AvgIpc) is 2.36. The summed E-state index contributed by atoms with van der Waals surface area (Å²) in [7, 11) is 2.82. The van der Waals surface area contributed by atoms with Gasteiger partial charge in [0.05, 0.1) is 19.8 Å². The minimum Gasteiger partial charge on any atom is -0.394 e. The van der Waals surface area contributed by atoms with Crippen LogP contribution < -0.4 is 0 Å². The van der Waals surface area contributed by atoms with Gasteiger partial charge in [-0.3, -0.25) is 0 Å². The van der Waals surface area contributed by atoms with Crippen molar-refractivity contribution in [1.29, 1.82) is 0 Å². The molecular weight excluding hydrogens is 232 g/mol. The van der Waals surface area contributed by atoms with Gasteiger partial charge in [-0.15, -0.1) is 0 Å². The van der Waals surface area contributed by atoms with Crippen LogP contribution in [-0.2, 0) is 18.9 Å². The molecule has 7 heteroatoms. The second kappa shape index (κ2) is 7.22. The molecule has 1 rings (SSSR count). The molecule has 1 aliphatic heterocycles. The topological polar surface area (TPSA) is 97.6 Å². The minimum absolute atomic E-state index is 0.0607. The third-order valence-electron chi connectivity index (χ3n) is 2.70. The summed E-state index contributed by atoms with van der Waals surface area (Å²) < 4.78 is 20.8.